The number of thioether (sulfide) groups is 1. The Kier molecular flexibility index (Phi) is 8.72. The second kappa shape index (κ2) is 11.9. The number of carbonyl (C=O) groups excluding carboxylic acids is 2. The number of amides is 2. The molecule has 1 aromatic heterocycles. The number of methoxy groups -OCH3 is 1. The second-order valence-electron chi connectivity index (χ2n) is 6.70. The Balaban J connectivity index is 1.37. The molecule has 0 spiro atoms. The maximum atomic E-state index is 12.2. The molecule has 0 saturated carbocycles. The maximum Gasteiger partial charge on any atom is 0.269 e. The zero-order valence-corrected chi connectivity index (χ0v) is 19.3. The topological polar surface area (TPSA) is 136 Å². The SMILES string of the molecule is COc1cccc(C(=O)NCCc2nnc(NC(=O)CSCc3ccc([N+](=O)[O-])cc3)s2)c1. The minimum atomic E-state index is -0.449. The molecule has 33 heavy (non-hydrogen) atoms. The minimum absolute atomic E-state index is 0.0356. The molecule has 10 nitrogen and oxygen atoms in total. The number of nitrogens with one attached hydrogen (secondary N) is 2. The van der Waals surface area contributed by atoms with E-state index in [2.05, 4.69) is 20.8 Å². The highest BCUT2D eigenvalue weighted by Crippen LogP contribution is 2.19. The van der Waals surface area contributed by atoms with E-state index in [1.807, 2.05) is 0 Å². The molecule has 0 aliphatic carbocycles. The number of ether oxygens (including phenoxy) is 1. The summed E-state index contributed by atoms with van der Waals surface area (Å²) in [7, 11) is 1.54. The molecular formula is C21H21N5O5S2. The van der Waals surface area contributed by atoms with Crippen molar-refractivity contribution in [2.45, 2.75) is 12.2 Å². The summed E-state index contributed by atoms with van der Waals surface area (Å²) >= 11 is 2.64. The molecule has 0 radical (unpaired) electrons. The molecule has 0 aliphatic heterocycles. The fraction of sp³-hybridized carbons (Fsp3) is 0.238. The van der Waals surface area contributed by atoms with E-state index in [4.69, 9.17) is 4.74 Å². The summed E-state index contributed by atoms with van der Waals surface area (Å²) in [5.74, 6) is 0.952. The lowest BCUT2D eigenvalue weighted by Gasteiger charge is -2.05. The van der Waals surface area contributed by atoms with Crippen LogP contribution in [0.4, 0.5) is 10.8 Å². The van der Waals surface area contributed by atoms with Crippen molar-refractivity contribution in [3.8, 4) is 5.75 Å². The molecule has 2 aromatic carbocycles. The maximum absolute atomic E-state index is 12.2. The van der Waals surface area contributed by atoms with Crippen molar-refractivity contribution in [3.63, 3.8) is 0 Å². The number of nitro groups is 1. The number of nitro benzene ring substituents is 1. The highest BCUT2D eigenvalue weighted by Gasteiger charge is 2.11. The summed E-state index contributed by atoms with van der Waals surface area (Å²) in [5, 5.41) is 25.3. The molecule has 0 fully saturated rings. The minimum Gasteiger partial charge on any atom is -0.497 e. The molecule has 12 heteroatoms. The Morgan fingerprint density at radius 1 is 1.18 bits per heavy atom. The van der Waals surface area contributed by atoms with Crippen LogP contribution >= 0.6 is 23.1 Å². The van der Waals surface area contributed by atoms with Crippen LogP contribution in [0.25, 0.3) is 0 Å². The van der Waals surface area contributed by atoms with Crippen molar-refractivity contribution in [3.05, 3.63) is 74.8 Å². The van der Waals surface area contributed by atoms with Gasteiger partial charge in [0.25, 0.3) is 11.6 Å². The standard InChI is InChI=1S/C21H21N5O5S2/c1-31-17-4-2-3-15(11-17)20(28)22-10-9-19-24-25-21(33-19)23-18(27)13-32-12-14-5-7-16(8-6-14)26(29)30/h2-8,11H,9-10,12-13H2,1H3,(H,22,28)(H,23,25,27). The molecule has 0 atom stereocenters. The lowest BCUT2D eigenvalue weighted by atomic mass is 10.2. The molecule has 1 heterocycles. The van der Waals surface area contributed by atoms with Crippen LogP contribution in [0.15, 0.2) is 48.5 Å². The number of benzene rings is 2. The van der Waals surface area contributed by atoms with Crippen molar-refractivity contribution in [1.29, 1.82) is 0 Å². The van der Waals surface area contributed by atoms with Gasteiger partial charge < -0.3 is 10.1 Å². The number of anilines is 1. The normalized spacial score (nSPS) is 10.5. The number of hydrogen-bond acceptors (Lipinski definition) is 9. The third-order valence-electron chi connectivity index (χ3n) is 4.32. The highest BCUT2D eigenvalue weighted by molar-refractivity contribution is 7.99. The quantitative estimate of drug-likeness (QED) is 0.311. The third kappa shape index (κ3) is 7.54. The molecular weight excluding hydrogens is 466 g/mol. The van der Waals surface area contributed by atoms with Gasteiger partial charge in [0.15, 0.2) is 0 Å². The Labute approximate surface area is 197 Å². The van der Waals surface area contributed by atoms with Gasteiger partial charge in [0.05, 0.1) is 17.8 Å². The Hall–Kier alpha value is -3.51. The summed E-state index contributed by atoms with van der Waals surface area (Å²) in [4.78, 5) is 34.6. The number of nitrogens with zero attached hydrogens (tertiary/aromatic N) is 3. The van der Waals surface area contributed by atoms with E-state index in [1.54, 1.807) is 43.5 Å². The number of rotatable bonds is 11. The van der Waals surface area contributed by atoms with Gasteiger partial charge in [0.1, 0.15) is 10.8 Å². The van der Waals surface area contributed by atoms with Gasteiger partial charge in [0, 0.05) is 36.4 Å². The molecule has 3 rings (SSSR count). The van der Waals surface area contributed by atoms with E-state index in [0.717, 1.165) is 5.56 Å². The lowest BCUT2D eigenvalue weighted by molar-refractivity contribution is -0.384. The first-order chi connectivity index (χ1) is 15.9. The Morgan fingerprint density at radius 2 is 1.97 bits per heavy atom. The van der Waals surface area contributed by atoms with Gasteiger partial charge in [-0.2, -0.15) is 0 Å². The first kappa shape index (κ1) is 24.1. The smallest absolute Gasteiger partial charge is 0.269 e. The van der Waals surface area contributed by atoms with Crippen LogP contribution in [-0.4, -0.2) is 46.3 Å². The number of carbonyl (C=O) groups is 2. The molecule has 0 saturated heterocycles. The van der Waals surface area contributed by atoms with Crippen molar-refractivity contribution in [1.82, 2.24) is 15.5 Å². The summed E-state index contributed by atoms with van der Waals surface area (Å²) < 4.78 is 5.12. The van der Waals surface area contributed by atoms with Gasteiger partial charge >= 0.3 is 0 Å². The van der Waals surface area contributed by atoms with Gasteiger partial charge in [-0.15, -0.1) is 22.0 Å². The molecule has 0 aliphatic rings. The van der Waals surface area contributed by atoms with E-state index in [9.17, 15) is 19.7 Å². The Morgan fingerprint density at radius 3 is 2.70 bits per heavy atom. The van der Waals surface area contributed by atoms with Crippen LogP contribution < -0.4 is 15.4 Å². The number of aromatic nitrogens is 2. The average molecular weight is 488 g/mol. The van der Waals surface area contributed by atoms with Crippen LogP contribution in [-0.2, 0) is 17.0 Å². The predicted molar refractivity (Wildman–Crippen MR) is 127 cm³/mol. The molecule has 2 N–H and O–H groups in total. The van der Waals surface area contributed by atoms with E-state index < -0.39 is 4.92 Å². The summed E-state index contributed by atoms with van der Waals surface area (Å²) in [5.41, 5.74) is 1.44. The van der Waals surface area contributed by atoms with Crippen molar-refractivity contribution in [2.24, 2.45) is 0 Å². The fourth-order valence-corrected chi connectivity index (χ4v) is 4.23. The zero-order valence-electron chi connectivity index (χ0n) is 17.6. The Bertz CT molecular complexity index is 1120. The van der Waals surface area contributed by atoms with Crippen LogP contribution in [0.1, 0.15) is 20.9 Å². The number of non-ortho nitro benzene ring substituents is 1. The van der Waals surface area contributed by atoms with Crippen LogP contribution in [0.5, 0.6) is 5.75 Å². The monoisotopic (exact) mass is 487 g/mol. The highest BCUT2D eigenvalue weighted by atomic mass is 32.2. The second-order valence-corrected chi connectivity index (χ2v) is 8.75. The first-order valence-corrected chi connectivity index (χ1v) is 11.8. The van der Waals surface area contributed by atoms with Crippen molar-refractivity contribution in [2.75, 3.05) is 24.7 Å². The largest absolute Gasteiger partial charge is 0.497 e. The van der Waals surface area contributed by atoms with Gasteiger partial charge in [-0.25, -0.2) is 0 Å². The fourth-order valence-electron chi connectivity index (χ4n) is 2.69. The van der Waals surface area contributed by atoms with E-state index in [1.165, 1.54) is 35.2 Å². The van der Waals surface area contributed by atoms with Gasteiger partial charge in [-0.3, -0.25) is 25.0 Å². The summed E-state index contributed by atoms with van der Waals surface area (Å²) in [6.45, 7) is 0.379. The molecule has 3 aromatic rings. The van der Waals surface area contributed by atoms with Gasteiger partial charge in [-0.1, -0.05) is 29.5 Å². The van der Waals surface area contributed by atoms with Gasteiger partial charge in [-0.05, 0) is 23.8 Å². The number of hydrogen-bond donors (Lipinski definition) is 2. The summed E-state index contributed by atoms with van der Waals surface area (Å²) in [6.07, 6.45) is 0.484. The van der Waals surface area contributed by atoms with Crippen LogP contribution in [0.2, 0.25) is 0 Å². The van der Waals surface area contributed by atoms with E-state index in [0.29, 0.717) is 40.2 Å². The van der Waals surface area contributed by atoms with Crippen molar-refractivity contribution < 1.29 is 19.2 Å². The van der Waals surface area contributed by atoms with Crippen molar-refractivity contribution >= 4 is 45.7 Å². The molecule has 0 bridgehead atoms. The molecule has 2 amide bonds. The molecule has 0 unspecified atom stereocenters. The molecule has 172 valence electrons. The predicted octanol–water partition coefficient (Wildman–Crippen LogP) is 3.30. The first-order valence-electron chi connectivity index (χ1n) is 9.80. The third-order valence-corrected chi connectivity index (χ3v) is 6.22. The van der Waals surface area contributed by atoms with E-state index in [-0.39, 0.29) is 23.3 Å². The summed E-state index contributed by atoms with van der Waals surface area (Å²) in [6, 6.07) is 13.1. The lowest BCUT2D eigenvalue weighted by Crippen LogP contribution is -2.25. The van der Waals surface area contributed by atoms with Gasteiger partial charge in [0.2, 0.25) is 11.0 Å². The van der Waals surface area contributed by atoms with Crippen LogP contribution in [0.3, 0.4) is 0 Å². The van der Waals surface area contributed by atoms with E-state index >= 15 is 0 Å². The zero-order chi connectivity index (χ0) is 23.6. The average Bonchev–Trinajstić information content (AvgIpc) is 3.26. The van der Waals surface area contributed by atoms with Crippen LogP contribution in [0, 0.1) is 10.1 Å².